The lowest BCUT2D eigenvalue weighted by Gasteiger charge is -2.21. The molecule has 1 unspecified atom stereocenters. The Kier molecular flexibility index (Phi) is 12.3. The Morgan fingerprint density at radius 1 is 1.03 bits per heavy atom. The van der Waals surface area contributed by atoms with Crippen LogP contribution >= 0.6 is 0 Å². The third-order valence-corrected chi connectivity index (χ3v) is 5.88. The summed E-state index contributed by atoms with van der Waals surface area (Å²) in [7, 11) is 0. The van der Waals surface area contributed by atoms with Gasteiger partial charge in [0.05, 0.1) is 19.6 Å². The first-order chi connectivity index (χ1) is 16.0. The lowest BCUT2D eigenvalue weighted by molar-refractivity contribution is -0.148. The molecule has 0 radical (unpaired) electrons. The van der Waals surface area contributed by atoms with Crippen molar-refractivity contribution < 1.29 is 29.3 Å². The molecule has 1 aliphatic heterocycles. The van der Waals surface area contributed by atoms with E-state index < -0.39 is 12.0 Å². The van der Waals surface area contributed by atoms with Crippen LogP contribution in [0.2, 0.25) is 0 Å². The molecule has 0 aromatic heterocycles. The van der Waals surface area contributed by atoms with Crippen molar-refractivity contribution >= 4 is 17.8 Å². The Hall–Kier alpha value is -2.61. The summed E-state index contributed by atoms with van der Waals surface area (Å²) in [6, 6.07) is 6.35. The highest BCUT2D eigenvalue weighted by molar-refractivity contribution is 5.88. The van der Waals surface area contributed by atoms with Crippen LogP contribution in [0.3, 0.4) is 0 Å². The van der Waals surface area contributed by atoms with Crippen molar-refractivity contribution in [1.29, 1.82) is 0 Å². The second-order valence-corrected chi connectivity index (χ2v) is 8.58. The fourth-order valence-corrected chi connectivity index (χ4v) is 4.06. The van der Waals surface area contributed by atoms with Crippen LogP contribution in [0.4, 0.5) is 0 Å². The van der Waals surface area contributed by atoms with E-state index >= 15 is 0 Å². The van der Waals surface area contributed by atoms with E-state index in [0.29, 0.717) is 38.2 Å². The molecule has 8 nitrogen and oxygen atoms in total. The first kappa shape index (κ1) is 26.6. The van der Waals surface area contributed by atoms with Gasteiger partial charge in [-0.05, 0) is 43.4 Å². The van der Waals surface area contributed by atoms with Gasteiger partial charge < -0.3 is 25.2 Å². The van der Waals surface area contributed by atoms with E-state index in [1.54, 1.807) is 24.3 Å². The number of carbonyl (C=O) groups is 3. The van der Waals surface area contributed by atoms with Crippen LogP contribution in [-0.2, 0) is 20.8 Å². The number of hydrogen-bond acceptors (Lipinski definition) is 5. The van der Waals surface area contributed by atoms with Crippen LogP contribution in [0.25, 0.3) is 0 Å². The Labute approximate surface area is 196 Å². The van der Waals surface area contributed by atoms with E-state index in [1.807, 2.05) is 0 Å². The fraction of sp³-hybridized carbons (Fsp3) is 0.640. The quantitative estimate of drug-likeness (QED) is 0.461. The number of carbonyl (C=O) groups excluding carboxylic acids is 2. The minimum atomic E-state index is -1.01. The molecular formula is C25H38N2O6. The zero-order chi connectivity index (χ0) is 23.9. The Bertz CT molecular complexity index is 739. The number of carboxylic acid groups (broad SMARTS) is 1. The number of aliphatic hydroxyl groups excluding tert-OH is 1. The van der Waals surface area contributed by atoms with Crippen molar-refractivity contribution in [1.82, 2.24) is 10.2 Å². The number of aliphatic hydroxyl groups is 1. The monoisotopic (exact) mass is 462 g/mol. The minimum Gasteiger partial charge on any atom is -0.494 e. The number of amides is 2. The maximum absolute atomic E-state index is 12.2. The molecule has 2 amide bonds. The maximum Gasteiger partial charge on any atom is 0.326 e. The molecule has 184 valence electrons. The van der Waals surface area contributed by atoms with Crippen molar-refractivity contribution in [2.24, 2.45) is 0 Å². The molecule has 1 saturated heterocycles. The van der Waals surface area contributed by atoms with Gasteiger partial charge >= 0.3 is 5.97 Å². The van der Waals surface area contributed by atoms with E-state index in [1.165, 1.54) is 43.4 Å². The second kappa shape index (κ2) is 15.3. The van der Waals surface area contributed by atoms with Gasteiger partial charge in [0.25, 0.3) is 0 Å². The number of carboxylic acids is 1. The molecule has 1 aliphatic carbocycles. The maximum atomic E-state index is 12.2. The van der Waals surface area contributed by atoms with Gasteiger partial charge in [-0.1, -0.05) is 50.7 Å². The van der Waals surface area contributed by atoms with Crippen LogP contribution in [0.5, 0.6) is 5.75 Å². The average Bonchev–Trinajstić information content (AvgIpc) is 3.33. The molecule has 2 aliphatic rings. The lowest BCUT2D eigenvalue weighted by atomic mass is 10.0. The number of ether oxygens (including phenoxy) is 1. The fourth-order valence-electron chi connectivity index (χ4n) is 4.06. The SMILES string of the molecule is C1CCCCC1.O=C(Cc1cccc(OCCCCO)c1)NCC(=O)N1CCCC1C(=O)O. The van der Waals surface area contributed by atoms with Gasteiger partial charge in [-0.25, -0.2) is 4.79 Å². The topological polar surface area (TPSA) is 116 Å². The van der Waals surface area contributed by atoms with E-state index in [-0.39, 0.29) is 31.4 Å². The van der Waals surface area contributed by atoms with Gasteiger partial charge in [-0.3, -0.25) is 9.59 Å². The van der Waals surface area contributed by atoms with E-state index in [9.17, 15) is 14.4 Å². The summed E-state index contributed by atoms with van der Waals surface area (Å²) in [4.78, 5) is 36.7. The number of rotatable bonds is 10. The van der Waals surface area contributed by atoms with Crippen LogP contribution in [-0.4, -0.2) is 65.2 Å². The summed E-state index contributed by atoms with van der Waals surface area (Å²) < 4.78 is 5.57. The van der Waals surface area contributed by atoms with Gasteiger partial charge in [0.15, 0.2) is 0 Å². The summed E-state index contributed by atoms with van der Waals surface area (Å²) in [6.45, 7) is 0.819. The number of hydrogen-bond donors (Lipinski definition) is 3. The predicted molar refractivity (Wildman–Crippen MR) is 125 cm³/mol. The lowest BCUT2D eigenvalue weighted by Crippen LogP contribution is -2.45. The van der Waals surface area contributed by atoms with E-state index in [4.69, 9.17) is 14.9 Å². The summed E-state index contributed by atoms with van der Waals surface area (Å²) in [5.41, 5.74) is 0.754. The van der Waals surface area contributed by atoms with Crippen LogP contribution in [0.1, 0.15) is 69.8 Å². The minimum absolute atomic E-state index is 0.101. The average molecular weight is 463 g/mol. The molecule has 33 heavy (non-hydrogen) atoms. The zero-order valence-electron chi connectivity index (χ0n) is 19.5. The zero-order valence-corrected chi connectivity index (χ0v) is 19.5. The molecule has 1 saturated carbocycles. The van der Waals surface area contributed by atoms with Crippen molar-refractivity contribution in [3.8, 4) is 5.75 Å². The largest absolute Gasteiger partial charge is 0.494 e. The number of likely N-dealkylation sites (tertiary alicyclic amines) is 1. The first-order valence-electron chi connectivity index (χ1n) is 12.1. The third kappa shape index (κ3) is 10.2. The first-order valence-corrected chi connectivity index (χ1v) is 12.1. The molecule has 1 atom stereocenters. The standard InChI is InChI=1S/C19H26N2O6.C6H12/c22-9-1-2-10-27-15-6-3-5-14(11-15)12-17(23)20-13-18(24)21-8-4-7-16(21)19(25)26;1-2-4-6-5-3-1/h3,5-6,11,16,22H,1-2,4,7-10,12-13H2,(H,20,23)(H,25,26);1-6H2. The highest BCUT2D eigenvalue weighted by Gasteiger charge is 2.33. The molecule has 1 heterocycles. The molecule has 1 aromatic rings. The van der Waals surface area contributed by atoms with Gasteiger partial charge in [0.2, 0.25) is 11.8 Å². The van der Waals surface area contributed by atoms with Gasteiger partial charge in [-0.15, -0.1) is 0 Å². The van der Waals surface area contributed by atoms with Crippen molar-refractivity contribution in [3.63, 3.8) is 0 Å². The molecule has 3 rings (SSSR count). The third-order valence-electron chi connectivity index (χ3n) is 5.88. The number of nitrogens with zero attached hydrogens (tertiary/aromatic N) is 1. The molecule has 1 aromatic carbocycles. The number of benzene rings is 1. The molecule has 8 heteroatoms. The summed E-state index contributed by atoms with van der Waals surface area (Å²) in [5, 5.41) is 20.4. The molecule has 2 fully saturated rings. The highest BCUT2D eigenvalue weighted by atomic mass is 16.5. The van der Waals surface area contributed by atoms with Crippen molar-refractivity contribution in [2.45, 2.75) is 76.7 Å². The number of nitrogens with one attached hydrogen (secondary N) is 1. The Morgan fingerprint density at radius 3 is 2.36 bits per heavy atom. The number of aliphatic carboxylic acids is 1. The van der Waals surface area contributed by atoms with Crippen LogP contribution in [0, 0.1) is 0 Å². The molecule has 0 spiro atoms. The second-order valence-electron chi connectivity index (χ2n) is 8.58. The summed E-state index contributed by atoms with van der Waals surface area (Å²) >= 11 is 0. The van der Waals surface area contributed by atoms with Crippen molar-refractivity contribution in [3.05, 3.63) is 29.8 Å². The van der Waals surface area contributed by atoms with Gasteiger partial charge in [0.1, 0.15) is 11.8 Å². The Morgan fingerprint density at radius 2 is 1.73 bits per heavy atom. The van der Waals surface area contributed by atoms with Crippen LogP contribution < -0.4 is 10.1 Å². The molecule has 0 bridgehead atoms. The Balaban J connectivity index is 0.000000554. The highest BCUT2D eigenvalue weighted by Crippen LogP contribution is 2.18. The molecular weight excluding hydrogens is 424 g/mol. The summed E-state index contributed by atoms with van der Waals surface area (Å²) in [5.74, 6) is -1.06. The normalized spacial score (nSPS) is 17.6. The van der Waals surface area contributed by atoms with E-state index in [2.05, 4.69) is 5.32 Å². The van der Waals surface area contributed by atoms with Gasteiger partial charge in [0, 0.05) is 13.2 Å². The molecule has 3 N–H and O–H groups in total. The predicted octanol–water partition coefficient (Wildman–Crippen LogP) is 2.91. The van der Waals surface area contributed by atoms with E-state index in [0.717, 1.165) is 12.0 Å². The smallest absolute Gasteiger partial charge is 0.326 e. The van der Waals surface area contributed by atoms with Crippen LogP contribution in [0.15, 0.2) is 24.3 Å². The van der Waals surface area contributed by atoms with Gasteiger partial charge in [-0.2, -0.15) is 0 Å². The van der Waals surface area contributed by atoms with Crippen molar-refractivity contribution in [2.75, 3.05) is 26.3 Å². The summed E-state index contributed by atoms with van der Waals surface area (Å²) in [6.07, 6.45) is 11.6. The number of unbranched alkanes of at least 4 members (excludes halogenated alkanes) is 1.